The van der Waals surface area contributed by atoms with Crippen molar-refractivity contribution in [1.29, 1.82) is 0 Å². The van der Waals surface area contributed by atoms with Crippen LogP contribution in [0.4, 0.5) is 11.4 Å². The van der Waals surface area contributed by atoms with Crippen molar-refractivity contribution in [2.75, 3.05) is 17.7 Å². The largest absolute Gasteiger partial charge is 0.484 e. The maximum atomic E-state index is 11.8. The standard InChI is InChI=1S/C15H17N3O3/c1-2-18-9-12(5-8-15(18)20)17-14(19)10-21-13-6-3-11(16)4-7-13/h3-9H,2,10,16H2,1H3,(H,17,19). The molecule has 0 atom stereocenters. The van der Waals surface area contributed by atoms with Gasteiger partial charge in [-0.05, 0) is 37.3 Å². The number of aromatic nitrogens is 1. The van der Waals surface area contributed by atoms with Crippen LogP contribution < -0.4 is 21.3 Å². The number of aryl methyl sites for hydroxylation is 1. The molecule has 0 saturated carbocycles. The minimum absolute atomic E-state index is 0.103. The van der Waals surface area contributed by atoms with Gasteiger partial charge < -0.3 is 20.4 Å². The highest BCUT2D eigenvalue weighted by molar-refractivity contribution is 5.91. The van der Waals surface area contributed by atoms with Crippen molar-refractivity contribution in [1.82, 2.24) is 4.57 Å². The lowest BCUT2D eigenvalue weighted by Crippen LogP contribution is -2.23. The maximum Gasteiger partial charge on any atom is 0.262 e. The number of carbonyl (C=O) groups excluding carboxylic acids is 1. The van der Waals surface area contributed by atoms with E-state index in [-0.39, 0.29) is 18.1 Å². The fourth-order valence-electron chi connectivity index (χ4n) is 1.76. The molecule has 6 heteroatoms. The molecular formula is C15H17N3O3. The number of nitrogens with one attached hydrogen (secondary N) is 1. The number of nitrogens with two attached hydrogens (primary N) is 1. The summed E-state index contributed by atoms with van der Waals surface area (Å²) in [7, 11) is 0. The normalized spacial score (nSPS) is 10.1. The Morgan fingerprint density at radius 1 is 1.24 bits per heavy atom. The maximum absolute atomic E-state index is 11.8. The van der Waals surface area contributed by atoms with Gasteiger partial charge in [0.25, 0.3) is 11.5 Å². The molecule has 0 radical (unpaired) electrons. The van der Waals surface area contributed by atoms with Crippen LogP contribution in [-0.4, -0.2) is 17.1 Å². The van der Waals surface area contributed by atoms with Gasteiger partial charge in [-0.3, -0.25) is 9.59 Å². The first-order valence-corrected chi connectivity index (χ1v) is 6.57. The van der Waals surface area contributed by atoms with Gasteiger partial charge in [0.15, 0.2) is 6.61 Å². The lowest BCUT2D eigenvalue weighted by atomic mass is 10.3. The zero-order valence-electron chi connectivity index (χ0n) is 11.7. The van der Waals surface area contributed by atoms with Crippen molar-refractivity contribution < 1.29 is 9.53 Å². The van der Waals surface area contributed by atoms with Crippen LogP contribution in [0.2, 0.25) is 0 Å². The Hall–Kier alpha value is -2.76. The Bertz CT molecular complexity index is 677. The number of pyridine rings is 1. The monoisotopic (exact) mass is 287 g/mol. The molecular weight excluding hydrogens is 270 g/mol. The Kier molecular flexibility index (Phi) is 4.61. The van der Waals surface area contributed by atoms with E-state index in [1.54, 1.807) is 36.5 Å². The van der Waals surface area contributed by atoms with Crippen molar-refractivity contribution >= 4 is 17.3 Å². The molecule has 1 amide bonds. The van der Waals surface area contributed by atoms with Crippen LogP contribution in [0, 0.1) is 0 Å². The highest BCUT2D eigenvalue weighted by Gasteiger charge is 2.05. The average Bonchev–Trinajstić information content (AvgIpc) is 2.48. The molecule has 3 N–H and O–H groups in total. The SMILES string of the molecule is CCn1cc(NC(=O)COc2ccc(N)cc2)ccc1=O. The summed E-state index contributed by atoms with van der Waals surface area (Å²) in [5, 5.41) is 2.68. The zero-order chi connectivity index (χ0) is 15.2. The third kappa shape index (κ3) is 4.10. The van der Waals surface area contributed by atoms with E-state index in [2.05, 4.69) is 5.32 Å². The number of carbonyl (C=O) groups is 1. The summed E-state index contributed by atoms with van der Waals surface area (Å²) in [6.07, 6.45) is 1.60. The van der Waals surface area contributed by atoms with E-state index in [0.717, 1.165) is 0 Å². The number of nitrogen functional groups attached to an aromatic ring is 1. The van der Waals surface area contributed by atoms with Crippen LogP contribution in [0.1, 0.15) is 6.92 Å². The number of rotatable bonds is 5. The summed E-state index contributed by atoms with van der Waals surface area (Å²) in [6, 6.07) is 9.77. The second-order valence-corrected chi connectivity index (χ2v) is 4.45. The Balaban J connectivity index is 1.92. The molecule has 1 aromatic heterocycles. The van der Waals surface area contributed by atoms with E-state index in [0.29, 0.717) is 23.7 Å². The summed E-state index contributed by atoms with van der Waals surface area (Å²) in [4.78, 5) is 23.2. The van der Waals surface area contributed by atoms with E-state index in [4.69, 9.17) is 10.5 Å². The molecule has 0 aliphatic heterocycles. The minimum Gasteiger partial charge on any atom is -0.484 e. The van der Waals surface area contributed by atoms with Gasteiger partial charge in [0.05, 0.1) is 5.69 Å². The Morgan fingerprint density at radius 3 is 2.62 bits per heavy atom. The summed E-state index contributed by atoms with van der Waals surface area (Å²) in [6.45, 7) is 2.29. The lowest BCUT2D eigenvalue weighted by molar-refractivity contribution is -0.118. The summed E-state index contributed by atoms with van der Waals surface area (Å²) < 4.78 is 6.85. The number of ether oxygens (including phenoxy) is 1. The van der Waals surface area contributed by atoms with E-state index in [1.165, 1.54) is 10.6 Å². The first-order valence-electron chi connectivity index (χ1n) is 6.57. The lowest BCUT2D eigenvalue weighted by Gasteiger charge is -2.09. The van der Waals surface area contributed by atoms with Crippen molar-refractivity contribution in [3.05, 3.63) is 52.9 Å². The van der Waals surface area contributed by atoms with Gasteiger partial charge in [0, 0.05) is 24.5 Å². The molecule has 0 saturated heterocycles. The molecule has 0 unspecified atom stereocenters. The van der Waals surface area contributed by atoms with E-state index < -0.39 is 0 Å². The predicted molar refractivity (Wildman–Crippen MR) is 81.4 cm³/mol. The van der Waals surface area contributed by atoms with E-state index >= 15 is 0 Å². The van der Waals surface area contributed by atoms with Gasteiger partial charge in [0.2, 0.25) is 0 Å². The van der Waals surface area contributed by atoms with Crippen molar-refractivity contribution in [2.45, 2.75) is 13.5 Å². The highest BCUT2D eigenvalue weighted by atomic mass is 16.5. The second kappa shape index (κ2) is 6.60. The van der Waals surface area contributed by atoms with Crippen molar-refractivity contribution in [2.24, 2.45) is 0 Å². The van der Waals surface area contributed by atoms with Gasteiger partial charge in [-0.1, -0.05) is 0 Å². The number of amides is 1. The molecule has 0 bridgehead atoms. The zero-order valence-corrected chi connectivity index (χ0v) is 11.7. The van der Waals surface area contributed by atoms with Crippen LogP contribution in [0.15, 0.2) is 47.4 Å². The number of hydrogen-bond acceptors (Lipinski definition) is 4. The third-order valence-electron chi connectivity index (χ3n) is 2.86. The molecule has 1 aromatic carbocycles. The van der Waals surface area contributed by atoms with Crippen molar-refractivity contribution in [3.63, 3.8) is 0 Å². The van der Waals surface area contributed by atoms with Gasteiger partial charge in [0.1, 0.15) is 5.75 Å². The Labute approximate surface area is 122 Å². The first kappa shape index (κ1) is 14.6. The smallest absolute Gasteiger partial charge is 0.262 e. The molecule has 110 valence electrons. The molecule has 0 fully saturated rings. The van der Waals surface area contributed by atoms with Crippen LogP contribution in [-0.2, 0) is 11.3 Å². The van der Waals surface area contributed by atoms with Crippen LogP contribution in [0.5, 0.6) is 5.75 Å². The average molecular weight is 287 g/mol. The topological polar surface area (TPSA) is 86.3 Å². The second-order valence-electron chi connectivity index (χ2n) is 4.45. The highest BCUT2D eigenvalue weighted by Crippen LogP contribution is 2.13. The quantitative estimate of drug-likeness (QED) is 0.815. The fourth-order valence-corrected chi connectivity index (χ4v) is 1.76. The van der Waals surface area contributed by atoms with Gasteiger partial charge in [-0.25, -0.2) is 0 Å². The molecule has 21 heavy (non-hydrogen) atoms. The predicted octanol–water partition coefficient (Wildman–Crippen LogP) is 1.47. The molecule has 2 aromatic rings. The molecule has 6 nitrogen and oxygen atoms in total. The first-order chi connectivity index (χ1) is 10.1. The number of benzene rings is 1. The van der Waals surface area contributed by atoms with E-state index in [9.17, 15) is 9.59 Å². The summed E-state index contributed by atoms with van der Waals surface area (Å²) >= 11 is 0. The summed E-state index contributed by atoms with van der Waals surface area (Å²) in [5.74, 6) is 0.269. The van der Waals surface area contributed by atoms with Gasteiger partial charge >= 0.3 is 0 Å². The summed E-state index contributed by atoms with van der Waals surface area (Å²) in [5.41, 5.74) is 6.65. The molecule has 0 aliphatic rings. The Morgan fingerprint density at radius 2 is 1.95 bits per heavy atom. The number of nitrogens with zero attached hydrogens (tertiary/aromatic N) is 1. The van der Waals surface area contributed by atoms with Gasteiger partial charge in [-0.2, -0.15) is 0 Å². The minimum atomic E-state index is -0.298. The molecule has 0 spiro atoms. The van der Waals surface area contributed by atoms with Crippen LogP contribution in [0.25, 0.3) is 0 Å². The molecule has 2 rings (SSSR count). The number of hydrogen-bond donors (Lipinski definition) is 2. The third-order valence-corrected chi connectivity index (χ3v) is 2.86. The van der Waals surface area contributed by atoms with Gasteiger partial charge in [-0.15, -0.1) is 0 Å². The van der Waals surface area contributed by atoms with E-state index in [1.807, 2.05) is 6.92 Å². The van der Waals surface area contributed by atoms with Crippen molar-refractivity contribution in [3.8, 4) is 5.75 Å². The molecule has 0 aliphatic carbocycles. The molecule has 1 heterocycles. The van der Waals surface area contributed by atoms with Crippen LogP contribution >= 0.6 is 0 Å². The van der Waals surface area contributed by atoms with Crippen LogP contribution in [0.3, 0.4) is 0 Å². The number of anilines is 2. The fraction of sp³-hybridized carbons (Fsp3) is 0.200.